The lowest BCUT2D eigenvalue weighted by atomic mass is 10.1. The molecule has 4 aromatic rings. The number of anilines is 2. The average Bonchev–Trinajstić information content (AvgIpc) is 3.16. The molecule has 0 unspecified atom stereocenters. The highest BCUT2D eigenvalue weighted by Gasteiger charge is 2.13. The number of aryl methyl sites for hydroxylation is 1. The predicted molar refractivity (Wildman–Crippen MR) is 120 cm³/mol. The van der Waals surface area contributed by atoms with Crippen molar-refractivity contribution in [2.24, 2.45) is 0 Å². The van der Waals surface area contributed by atoms with Crippen LogP contribution in [-0.4, -0.2) is 22.1 Å². The van der Waals surface area contributed by atoms with Gasteiger partial charge in [-0.1, -0.05) is 61.9 Å². The maximum absolute atomic E-state index is 12.8. The zero-order valence-electron chi connectivity index (χ0n) is 16.6. The van der Waals surface area contributed by atoms with Crippen LogP contribution in [0.25, 0.3) is 16.5 Å². The summed E-state index contributed by atoms with van der Waals surface area (Å²) in [6, 6.07) is 22.3. The molecule has 0 atom stereocenters. The number of urea groups is 1. The number of fused-ring (bicyclic) bond motifs is 1. The van der Waals surface area contributed by atoms with Gasteiger partial charge in [-0.25, -0.2) is 9.48 Å². The van der Waals surface area contributed by atoms with Gasteiger partial charge in [-0.3, -0.25) is 10.1 Å². The molecule has 2 N–H and O–H groups in total. The molecule has 0 fully saturated rings. The van der Waals surface area contributed by atoms with E-state index in [2.05, 4.69) is 22.7 Å². The van der Waals surface area contributed by atoms with Crippen LogP contribution in [0.2, 0.25) is 0 Å². The fraction of sp³-hybridized carbons (Fsp3) is 0.125. The Bertz CT molecular complexity index is 1210. The first-order valence-electron chi connectivity index (χ1n) is 9.88. The summed E-state index contributed by atoms with van der Waals surface area (Å²) >= 11 is 0. The number of carbonyl (C=O) groups excluding carboxylic acids is 2. The van der Waals surface area contributed by atoms with Crippen molar-refractivity contribution in [3.8, 4) is 5.69 Å². The zero-order valence-corrected chi connectivity index (χ0v) is 16.6. The normalized spacial score (nSPS) is 10.7. The van der Waals surface area contributed by atoms with E-state index in [1.807, 2.05) is 54.6 Å². The van der Waals surface area contributed by atoms with Gasteiger partial charge in [0, 0.05) is 17.0 Å². The summed E-state index contributed by atoms with van der Waals surface area (Å²) < 4.78 is 1.65. The molecule has 0 aliphatic carbocycles. The quantitative estimate of drug-likeness (QED) is 0.425. The highest BCUT2D eigenvalue weighted by Crippen LogP contribution is 2.24. The molecule has 4 rings (SSSR count). The van der Waals surface area contributed by atoms with Crippen LogP contribution < -0.4 is 10.6 Å². The molecule has 1 aromatic heterocycles. The van der Waals surface area contributed by atoms with Crippen LogP contribution in [0.1, 0.15) is 29.4 Å². The maximum Gasteiger partial charge on any atom is 0.324 e. The zero-order chi connectivity index (χ0) is 20.9. The van der Waals surface area contributed by atoms with Crippen molar-refractivity contribution in [2.45, 2.75) is 19.8 Å². The Morgan fingerprint density at radius 2 is 1.80 bits per heavy atom. The highest BCUT2D eigenvalue weighted by atomic mass is 16.2. The molecule has 0 saturated carbocycles. The molecule has 150 valence electrons. The number of hydrogen-bond acceptors (Lipinski definition) is 3. The van der Waals surface area contributed by atoms with Crippen molar-refractivity contribution >= 4 is 34.6 Å². The van der Waals surface area contributed by atoms with Gasteiger partial charge in [-0.2, -0.15) is 5.10 Å². The molecule has 0 bridgehead atoms. The number of amides is 2. The van der Waals surface area contributed by atoms with Gasteiger partial charge in [0.25, 0.3) is 0 Å². The number of nitrogens with one attached hydrogen (secondary N) is 2. The third-order valence-electron chi connectivity index (χ3n) is 4.80. The third-order valence-corrected chi connectivity index (χ3v) is 4.80. The number of nitrogens with zero attached hydrogens (tertiary/aromatic N) is 2. The van der Waals surface area contributed by atoms with E-state index in [1.165, 1.54) is 0 Å². The molecule has 0 aliphatic rings. The van der Waals surface area contributed by atoms with Crippen molar-refractivity contribution in [3.63, 3.8) is 0 Å². The summed E-state index contributed by atoms with van der Waals surface area (Å²) in [6.07, 6.45) is 2.52. The summed E-state index contributed by atoms with van der Waals surface area (Å²) in [6.45, 7) is 2.08. The smallest absolute Gasteiger partial charge is 0.307 e. The highest BCUT2D eigenvalue weighted by molar-refractivity contribution is 6.06. The number of benzene rings is 3. The molecular weight excluding hydrogens is 376 g/mol. The molecule has 2 amide bonds. The van der Waals surface area contributed by atoms with Gasteiger partial charge in [-0.05, 0) is 30.0 Å². The standard InChI is InChI=1S/C24H22N4O2/c1-2-7-19-15-23(28(27-19)20-11-5-8-17(14-20)16-29)26-24(30)25-22-13-6-10-18-9-3-4-12-21(18)22/h3-6,8-16H,2,7H2,1H3,(H2,25,26,30). The van der Waals surface area contributed by atoms with Gasteiger partial charge in [0.05, 0.1) is 17.1 Å². The van der Waals surface area contributed by atoms with Crippen LogP contribution >= 0.6 is 0 Å². The Morgan fingerprint density at radius 3 is 2.63 bits per heavy atom. The predicted octanol–water partition coefficient (Wildman–Crippen LogP) is 5.43. The van der Waals surface area contributed by atoms with Crippen molar-refractivity contribution in [2.75, 3.05) is 10.6 Å². The third kappa shape index (κ3) is 4.07. The van der Waals surface area contributed by atoms with E-state index in [-0.39, 0.29) is 6.03 Å². The second-order valence-corrected chi connectivity index (χ2v) is 7.00. The van der Waals surface area contributed by atoms with Gasteiger partial charge in [0.15, 0.2) is 0 Å². The van der Waals surface area contributed by atoms with E-state index < -0.39 is 0 Å². The summed E-state index contributed by atoms with van der Waals surface area (Å²) in [4.78, 5) is 23.9. The molecule has 1 heterocycles. The van der Waals surface area contributed by atoms with Crippen LogP contribution in [0, 0.1) is 0 Å². The largest absolute Gasteiger partial charge is 0.324 e. The van der Waals surface area contributed by atoms with Gasteiger partial charge >= 0.3 is 6.03 Å². The molecule has 3 aromatic carbocycles. The van der Waals surface area contributed by atoms with E-state index in [0.717, 1.165) is 41.3 Å². The fourth-order valence-electron chi connectivity index (χ4n) is 3.43. The van der Waals surface area contributed by atoms with E-state index in [9.17, 15) is 9.59 Å². The van der Waals surface area contributed by atoms with Crippen LogP contribution in [0.15, 0.2) is 72.8 Å². The number of hydrogen-bond donors (Lipinski definition) is 2. The molecule has 0 aliphatic heterocycles. The van der Waals surface area contributed by atoms with Crippen LogP contribution in [0.3, 0.4) is 0 Å². The summed E-state index contributed by atoms with van der Waals surface area (Å²) in [5.74, 6) is 0.541. The van der Waals surface area contributed by atoms with E-state index in [0.29, 0.717) is 17.1 Å². The Labute approximate surface area is 174 Å². The van der Waals surface area contributed by atoms with Gasteiger partial charge < -0.3 is 5.32 Å². The first-order valence-corrected chi connectivity index (χ1v) is 9.88. The maximum atomic E-state index is 12.8. The minimum atomic E-state index is -0.359. The van der Waals surface area contributed by atoms with Crippen LogP contribution in [0.5, 0.6) is 0 Å². The Kier molecular flexibility index (Phi) is 5.57. The lowest BCUT2D eigenvalue weighted by molar-refractivity contribution is 0.112. The molecule has 6 heteroatoms. The van der Waals surface area contributed by atoms with Crippen molar-refractivity contribution in [3.05, 3.63) is 84.1 Å². The summed E-state index contributed by atoms with van der Waals surface area (Å²) in [5.41, 5.74) is 2.86. The van der Waals surface area contributed by atoms with Crippen LogP contribution in [0.4, 0.5) is 16.3 Å². The van der Waals surface area contributed by atoms with Crippen LogP contribution in [-0.2, 0) is 6.42 Å². The number of aldehydes is 1. The first kappa shape index (κ1) is 19.4. The topological polar surface area (TPSA) is 76.0 Å². The van der Waals surface area contributed by atoms with Gasteiger partial charge in [0.1, 0.15) is 12.1 Å². The number of carbonyl (C=O) groups is 2. The second kappa shape index (κ2) is 8.61. The lowest BCUT2D eigenvalue weighted by Crippen LogP contribution is -2.21. The van der Waals surface area contributed by atoms with Crippen molar-refractivity contribution in [1.29, 1.82) is 0 Å². The molecular formula is C24H22N4O2. The first-order chi connectivity index (χ1) is 14.7. The van der Waals surface area contributed by atoms with Crippen molar-refractivity contribution < 1.29 is 9.59 Å². The van der Waals surface area contributed by atoms with E-state index in [1.54, 1.807) is 22.9 Å². The Morgan fingerprint density at radius 1 is 1.00 bits per heavy atom. The summed E-state index contributed by atoms with van der Waals surface area (Å²) in [5, 5.41) is 12.5. The van der Waals surface area contributed by atoms with Gasteiger partial charge in [-0.15, -0.1) is 0 Å². The van der Waals surface area contributed by atoms with E-state index in [4.69, 9.17) is 0 Å². The van der Waals surface area contributed by atoms with Gasteiger partial charge in [0.2, 0.25) is 0 Å². The molecule has 6 nitrogen and oxygen atoms in total. The Hall–Kier alpha value is -3.93. The number of aromatic nitrogens is 2. The Balaban J connectivity index is 1.63. The van der Waals surface area contributed by atoms with Crippen molar-refractivity contribution in [1.82, 2.24) is 9.78 Å². The fourth-order valence-corrected chi connectivity index (χ4v) is 3.43. The SMILES string of the molecule is CCCc1cc(NC(=O)Nc2cccc3ccccc23)n(-c2cccc(C=O)c2)n1. The summed E-state index contributed by atoms with van der Waals surface area (Å²) in [7, 11) is 0. The second-order valence-electron chi connectivity index (χ2n) is 7.00. The average molecular weight is 398 g/mol. The molecule has 0 spiro atoms. The lowest BCUT2D eigenvalue weighted by Gasteiger charge is -2.12. The van der Waals surface area contributed by atoms with E-state index >= 15 is 0 Å². The monoisotopic (exact) mass is 398 g/mol. The minimum absolute atomic E-state index is 0.359. The molecule has 30 heavy (non-hydrogen) atoms. The molecule has 0 radical (unpaired) electrons. The number of rotatable bonds is 6. The molecule has 0 saturated heterocycles. The minimum Gasteiger partial charge on any atom is -0.307 e.